The maximum absolute atomic E-state index is 3.89. The number of hydrogen-bond donors (Lipinski definition) is 1. The van der Waals surface area contributed by atoms with E-state index < -0.39 is 0 Å². The smallest absolute Gasteiger partial charge is 0.0306 e. The molecular weight excluding hydrogens is 256 g/mol. The first-order valence-corrected chi connectivity index (χ1v) is 9.84. The highest BCUT2D eigenvalue weighted by Gasteiger charge is 2.38. The van der Waals surface area contributed by atoms with Crippen LogP contribution in [-0.2, 0) is 0 Å². The summed E-state index contributed by atoms with van der Waals surface area (Å²) in [5.41, 5.74) is 0.439. The van der Waals surface area contributed by atoms with Crippen LogP contribution in [-0.4, -0.2) is 35.6 Å². The minimum absolute atomic E-state index is 0.439. The lowest BCUT2D eigenvalue weighted by atomic mass is 9.85. The molecule has 2 nitrogen and oxygen atoms in total. The molecule has 21 heavy (non-hydrogen) atoms. The third-order valence-corrected chi connectivity index (χ3v) is 6.58. The predicted molar refractivity (Wildman–Crippen MR) is 90.7 cm³/mol. The van der Waals surface area contributed by atoms with Gasteiger partial charge < -0.3 is 5.32 Å². The molecule has 1 unspecified atom stereocenters. The van der Waals surface area contributed by atoms with Gasteiger partial charge in [0.05, 0.1) is 0 Å². The average Bonchev–Trinajstić information content (AvgIpc) is 3.04. The molecule has 1 aliphatic heterocycles. The third kappa shape index (κ3) is 3.82. The summed E-state index contributed by atoms with van der Waals surface area (Å²) in [4.78, 5) is 3.00. The highest BCUT2D eigenvalue weighted by atomic mass is 15.2. The zero-order valence-electron chi connectivity index (χ0n) is 14.2. The fourth-order valence-corrected chi connectivity index (χ4v) is 5.15. The molecule has 0 bridgehead atoms. The zero-order chi connectivity index (χ0) is 14.5. The van der Waals surface area contributed by atoms with Crippen LogP contribution in [0.1, 0.15) is 90.4 Å². The van der Waals surface area contributed by atoms with Gasteiger partial charge in [-0.2, -0.15) is 0 Å². The lowest BCUT2D eigenvalue weighted by Crippen LogP contribution is -2.56. The molecule has 0 radical (unpaired) electrons. The standard InChI is InChI=1S/C19H36N2/c1-2-19(14-9-15-20-19)16-21(17-10-5-3-6-11-17)18-12-7-4-8-13-18/h17-18,20H,2-16H2,1H3. The first-order chi connectivity index (χ1) is 10.3. The van der Waals surface area contributed by atoms with Crippen LogP contribution in [0.25, 0.3) is 0 Å². The molecule has 0 amide bonds. The van der Waals surface area contributed by atoms with E-state index in [-0.39, 0.29) is 0 Å². The summed E-state index contributed by atoms with van der Waals surface area (Å²) in [7, 11) is 0. The first-order valence-electron chi connectivity index (χ1n) is 9.84. The Morgan fingerprint density at radius 2 is 1.43 bits per heavy atom. The summed E-state index contributed by atoms with van der Waals surface area (Å²) in [6, 6.07) is 1.79. The predicted octanol–water partition coefficient (Wildman–Crippen LogP) is 4.49. The molecule has 1 saturated heterocycles. The van der Waals surface area contributed by atoms with E-state index in [9.17, 15) is 0 Å². The molecule has 1 N–H and O–H groups in total. The van der Waals surface area contributed by atoms with Crippen molar-refractivity contribution >= 4 is 0 Å². The Kier molecular flexibility index (Phi) is 5.61. The maximum Gasteiger partial charge on any atom is 0.0306 e. The fraction of sp³-hybridized carbons (Fsp3) is 1.00. The Bertz CT molecular complexity index is 279. The first kappa shape index (κ1) is 15.8. The summed E-state index contributed by atoms with van der Waals surface area (Å²) in [5, 5.41) is 3.89. The van der Waals surface area contributed by atoms with Crippen LogP contribution < -0.4 is 5.32 Å². The van der Waals surface area contributed by atoms with Crippen molar-refractivity contribution in [3.63, 3.8) is 0 Å². The molecule has 122 valence electrons. The van der Waals surface area contributed by atoms with E-state index in [1.54, 1.807) is 0 Å². The second-order valence-corrected chi connectivity index (χ2v) is 7.92. The Morgan fingerprint density at radius 1 is 0.857 bits per heavy atom. The Hall–Kier alpha value is -0.0800. The highest BCUT2D eigenvalue weighted by molar-refractivity contribution is 4.97. The quantitative estimate of drug-likeness (QED) is 0.803. The molecule has 2 saturated carbocycles. The van der Waals surface area contributed by atoms with Crippen molar-refractivity contribution in [2.45, 2.75) is 108 Å². The summed E-state index contributed by atoms with van der Waals surface area (Å²) >= 11 is 0. The topological polar surface area (TPSA) is 15.3 Å². The fourth-order valence-electron chi connectivity index (χ4n) is 5.15. The number of hydrogen-bond acceptors (Lipinski definition) is 2. The van der Waals surface area contributed by atoms with Crippen molar-refractivity contribution in [2.75, 3.05) is 13.1 Å². The van der Waals surface area contributed by atoms with Crippen molar-refractivity contribution in [3.05, 3.63) is 0 Å². The van der Waals surface area contributed by atoms with E-state index in [4.69, 9.17) is 0 Å². The normalized spacial score (nSPS) is 32.9. The van der Waals surface area contributed by atoms with Crippen molar-refractivity contribution in [2.24, 2.45) is 0 Å². The van der Waals surface area contributed by atoms with Gasteiger partial charge in [-0.15, -0.1) is 0 Å². The van der Waals surface area contributed by atoms with Crippen molar-refractivity contribution in [3.8, 4) is 0 Å². The van der Waals surface area contributed by atoms with Gasteiger partial charge in [0, 0.05) is 24.2 Å². The van der Waals surface area contributed by atoms with Crippen LogP contribution in [0.3, 0.4) is 0 Å². The summed E-state index contributed by atoms with van der Waals surface area (Å²) < 4.78 is 0. The Balaban J connectivity index is 1.70. The molecule has 2 heteroatoms. The van der Waals surface area contributed by atoms with Crippen LogP contribution >= 0.6 is 0 Å². The van der Waals surface area contributed by atoms with Gasteiger partial charge in [0.15, 0.2) is 0 Å². The van der Waals surface area contributed by atoms with E-state index in [0.717, 1.165) is 12.1 Å². The van der Waals surface area contributed by atoms with E-state index in [1.807, 2.05) is 0 Å². The van der Waals surface area contributed by atoms with Crippen LogP contribution in [0.5, 0.6) is 0 Å². The SMILES string of the molecule is CCC1(CN(C2CCCCC2)C2CCCCC2)CCCN1. The molecule has 0 spiro atoms. The van der Waals surface area contributed by atoms with E-state index in [1.165, 1.54) is 96.6 Å². The summed E-state index contributed by atoms with van der Waals surface area (Å²) in [6.45, 7) is 4.98. The molecule has 1 atom stereocenters. The molecule has 2 aliphatic carbocycles. The van der Waals surface area contributed by atoms with Crippen LogP contribution in [0, 0.1) is 0 Å². The van der Waals surface area contributed by atoms with Gasteiger partial charge in [0.25, 0.3) is 0 Å². The lowest BCUT2D eigenvalue weighted by molar-refractivity contribution is 0.0509. The number of nitrogens with zero attached hydrogens (tertiary/aromatic N) is 1. The number of nitrogens with one attached hydrogen (secondary N) is 1. The molecule has 0 aromatic carbocycles. The van der Waals surface area contributed by atoms with E-state index >= 15 is 0 Å². The van der Waals surface area contributed by atoms with Crippen LogP contribution in [0.4, 0.5) is 0 Å². The van der Waals surface area contributed by atoms with Crippen LogP contribution in [0.2, 0.25) is 0 Å². The van der Waals surface area contributed by atoms with Gasteiger partial charge in [-0.3, -0.25) is 4.90 Å². The minimum Gasteiger partial charge on any atom is -0.310 e. The van der Waals surface area contributed by atoms with E-state index in [2.05, 4.69) is 17.1 Å². The van der Waals surface area contributed by atoms with Gasteiger partial charge in [-0.25, -0.2) is 0 Å². The average molecular weight is 293 g/mol. The Morgan fingerprint density at radius 3 is 1.86 bits per heavy atom. The minimum atomic E-state index is 0.439. The van der Waals surface area contributed by atoms with Gasteiger partial charge >= 0.3 is 0 Å². The van der Waals surface area contributed by atoms with Gasteiger partial charge in [0.2, 0.25) is 0 Å². The van der Waals surface area contributed by atoms with Crippen molar-refractivity contribution < 1.29 is 0 Å². The van der Waals surface area contributed by atoms with Gasteiger partial charge in [-0.05, 0) is 51.5 Å². The van der Waals surface area contributed by atoms with Crippen molar-refractivity contribution in [1.29, 1.82) is 0 Å². The monoisotopic (exact) mass is 292 g/mol. The van der Waals surface area contributed by atoms with Gasteiger partial charge in [-0.1, -0.05) is 45.4 Å². The lowest BCUT2D eigenvalue weighted by Gasteiger charge is -2.46. The molecule has 3 rings (SSSR count). The second-order valence-electron chi connectivity index (χ2n) is 7.92. The molecular formula is C19H36N2. The van der Waals surface area contributed by atoms with E-state index in [0.29, 0.717) is 5.54 Å². The zero-order valence-corrected chi connectivity index (χ0v) is 14.2. The third-order valence-electron chi connectivity index (χ3n) is 6.58. The van der Waals surface area contributed by atoms with Crippen molar-refractivity contribution in [1.82, 2.24) is 10.2 Å². The summed E-state index contributed by atoms with van der Waals surface area (Å²) in [5.74, 6) is 0. The summed E-state index contributed by atoms with van der Waals surface area (Å²) in [6.07, 6.45) is 18.8. The van der Waals surface area contributed by atoms with Crippen LogP contribution in [0.15, 0.2) is 0 Å². The number of rotatable bonds is 5. The molecule has 1 heterocycles. The van der Waals surface area contributed by atoms with Gasteiger partial charge in [0.1, 0.15) is 0 Å². The molecule has 3 fully saturated rings. The highest BCUT2D eigenvalue weighted by Crippen LogP contribution is 2.34. The largest absolute Gasteiger partial charge is 0.310 e. The second kappa shape index (κ2) is 7.46. The molecule has 0 aromatic rings. The molecule has 3 aliphatic rings. The Labute approximate surface area is 132 Å². The molecule has 0 aromatic heterocycles. The maximum atomic E-state index is 3.89.